The van der Waals surface area contributed by atoms with Gasteiger partial charge in [0.15, 0.2) is 0 Å². The minimum Gasteiger partial charge on any atom is -0.375 e. The van der Waals surface area contributed by atoms with Crippen LogP contribution in [0.25, 0.3) is 0 Å². The summed E-state index contributed by atoms with van der Waals surface area (Å²) in [6, 6.07) is 0.672. The summed E-state index contributed by atoms with van der Waals surface area (Å²) in [7, 11) is 0. The molecule has 0 aromatic rings. The van der Waals surface area contributed by atoms with Crippen molar-refractivity contribution in [3.05, 3.63) is 0 Å². The Labute approximate surface area is 68.3 Å². The maximum Gasteiger partial charge on any atom is 0.0728 e. The first-order valence-corrected chi connectivity index (χ1v) is 4.82. The van der Waals surface area contributed by atoms with E-state index in [0.29, 0.717) is 12.1 Å². The van der Waals surface area contributed by atoms with Gasteiger partial charge in [-0.3, -0.25) is 0 Å². The molecule has 1 aliphatic carbocycles. The lowest BCUT2D eigenvalue weighted by molar-refractivity contribution is -0.00701. The van der Waals surface area contributed by atoms with Crippen molar-refractivity contribution in [1.29, 1.82) is 0 Å². The summed E-state index contributed by atoms with van der Waals surface area (Å²) in [6.07, 6.45) is 7.28. The molecule has 2 fully saturated rings. The number of rotatable bonds is 0. The van der Waals surface area contributed by atoms with Gasteiger partial charge >= 0.3 is 0 Å². The highest BCUT2D eigenvalue weighted by molar-refractivity contribution is 4.82. The van der Waals surface area contributed by atoms with E-state index in [-0.39, 0.29) is 0 Å². The van der Waals surface area contributed by atoms with E-state index in [1.165, 1.54) is 32.1 Å². The lowest BCUT2D eigenvalue weighted by atomic mass is 10.1. The quantitative estimate of drug-likeness (QED) is 0.569. The van der Waals surface area contributed by atoms with E-state index in [2.05, 4.69) is 5.32 Å². The van der Waals surface area contributed by atoms with Crippen LogP contribution in [0.5, 0.6) is 0 Å². The second-order valence-electron chi connectivity index (χ2n) is 3.61. The fraction of sp³-hybridized carbons (Fsp3) is 1.00. The molecule has 1 aliphatic heterocycles. The Balaban J connectivity index is 1.93. The van der Waals surface area contributed by atoms with Crippen LogP contribution in [0.15, 0.2) is 0 Å². The summed E-state index contributed by atoms with van der Waals surface area (Å²) in [5.74, 6) is 0. The molecule has 2 aliphatic rings. The SMILES string of the molecule is C1CC[C@@H]2NCCO[C@H]2CC1. The summed E-state index contributed by atoms with van der Waals surface area (Å²) in [4.78, 5) is 0. The Morgan fingerprint density at radius 1 is 1.09 bits per heavy atom. The van der Waals surface area contributed by atoms with Crippen LogP contribution in [0.1, 0.15) is 32.1 Å². The Morgan fingerprint density at radius 2 is 2.00 bits per heavy atom. The van der Waals surface area contributed by atoms with Crippen molar-refractivity contribution in [3.8, 4) is 0 Å². The van der Waals surface area contributed by atoms with Crippen molar-refractivity contribution in [2.45, 2.75) is 44.2 Å². The number of hydrogen-bond acceptors (Lipinski definition) is 2. The molecule has 2 atom stereocenters. The van der Waals surface area contributed by atoms with Crippen LogP contribution >= 0.6 is 0 Å². The molecule has 0 bridgehead atoms. The van der Waals surface area contributed by atoms with Crippen molar-refractivity contribution in [3.63, 3.8) is 0 Å². The van der Waals surface area contributed by atoms with Gasteiger partial charge < -0.3 is 10.1 Å². The highest BCUT2D eigenvalue weighted by Crippen LogP contribution is 2.22. The minimum absolute atomic E-state index is 0.534. The molecule has 0 unspecified atom stereocenters. The van der Waals surface area contributed by atoms with Gasteiger partial charge in [0.1, 0.15) is 0 Å². The molecule has 1 saturated carbocycles. The molecule has 1 saturated heterocycles. The Kier molecular flexibility index (Phi) is 2.44. The van der Waals surface area contributed by atoms with Gasteiger partial charge in [-0.05, 0) is 12.8 Å². The van der Waals surface area contributed by atoms with Gasteiger partial charge in [-0.15, -0.1) is 0 Å². The summed E-state index contributed by atoms with van der Waals surface area (Å²) in [6.45, 7) is 1.97. The molecule has 0 radical (unpaired) electrons. The van der Waals surface area contributed by atoms with Crippen LogP contribution in [0.3, 0.4) is 0 Å². The smallest absolute Gasteiger partial charge is 0.0728 e. The maximum atomic E-state index is 5.70. The zero-order valence-corrected chi connectivity index (χ0v) is 7.01. The zero-order valence-electron chi connectivity index (χ0n) is 7.01. The third-order valence-electron chi connectivity index (χ3n) is 2.79. The predicted molar refractivity (Wildman–Crippen MR) is 44.6 cm³/mol. The topological polar surface area (TPSA) is 21.3 Å². The molecule has 64 valence electrons. The van der Waals surface area contributed by atoms with E-state index in [4.69, 9.17) is 4.74 Å². The molecule has 2 heteroatoms. The fourth-order valence-electron chi connectivity index (χ4n) is 2.16. The Hall–Kier alpha value is -0.0800. The van der Waals surface area contributed by atoms with Crippen LogP contribution < -0.4 is 5.32 Å². The number of ether oxygens (including phenoxy) is 1. The van der Waals surface area contributed by atoms with E-state index in [1.54, 1.807) is 0 Å². The lowest BCUT2D eigenvalue weighted by Crippen LogP contribution is -2.47. The molecule has 2 rings (SSSR count). The lowest BCUT2D eigenvalue weighted by Gasteiger charge is -2.31. The molecule has 1 heterocycles. The van der Waals surface area contributed by atoms with Gasteiger partial charge in [0.05, 0.1) is 12.7 Å². The normalized spacial score (nSPS) is 39.3. The van der Waals surface area contributed by atoms with E-state index in [9.17, 15) is 0 Å². The average molecular weight is 155 g/mol. The van der Waals surface area contributed by atoms with Crippen molar-refractivity contribution in [1.82, 2.24) is 5.32 Å². The van der Waals surface area contributed by atoms with Gasteiger partial charge in [0.25, 0.3) is 0 Å². The largest absolute Gasteiger partial charge is 0.375 e. The number of fused-ring (bicyclic) bond motifs is 1. The number of morpholine rings is 1. The molecule has 0 spiro atoms. The zero-order chi connectivity index (χ0) is 7.52. The molecule has 2 nitrogen and oxygen atoms in total. The van der Waals surface area contributed by atoms with Gasteiger partial charge in [-0.2, -0.15) is 0 Å². The van der Waals surface area contributed by atoms with Crippen LogP contribution in [0.2, 0.25) is 0 Å². The van der Waals surface area contributed by atoms with Gasteiger partial charge in [0, 0.05) is 12.6 Å². The van der Waals surface area contributed by atoms with Gasteiger partial charge in [0.2, 0.25) is 0 Å². The summed E-state index contributed by atoms with van der Waals surface area (Å²) in [5.41, 5.74) is 0. The van der Waals surface area contributed by atoms with Crippen LogP contribution in [0, 0.1) is 0 Å². The predicted octanol–water partition coefficient (Wildman–Crippen LogP) is 1.31. The molecular formula is C9H17NO. The Morgan fingerprint density at radius 3 is 3.00 bits per heavy atom. The molecule has 11 heavy (non-hydrogen) atoms. The van der Waals surface area contributed by atoms with Gasteiger partial charge in [-0.1, -0.05) is 19.3 Å². The summed E-state index contributed by atoms with van der Waals surface area (Å²) >= 11 is 0. The Bertz CT molecular complexity index is 113. The first kappa shape index (κ1) is 7.56. The highest BCUT2D eigenvalue weighted by Gasteiger charge is 2.26. The highest BCUT2D eigenvalue weighted by atomic mass is 16.5. The van der Waals surface area contributed by atoms with Crippen molar-refractivity contribution < 1.29 is 4.74 Å². The average Bonchev–Trinajstić information content (AvgIpc) is 2.28. The van der Waals surface area contributed by atoms with Crippen LogP contribution in [-0.4, -0.2) is 25.3 Å². The standard InChI is InChI=1S/C9H17NO/c1-2-4-8-9(5-3-1)11-7-6-10-8/h8-10H,1-7H2/t8-,9-/m0/s1. The van der Waals surface area contributed by atoms with E-state index >= 15 is 0 Å². The molecule has 1 N–H and O–H groups in total. The second kappa shape index (κ2) is 3.55. The minimum atomic E-state index is 0.534. The third-order valence-corrected chi connectivity index (χ3v) is 2.79. The summed E-state index contributed by atoms with van der Waals surface area (Å²) in [5, 5.41) is 3.54. The second-order valence-corrected chi connectivity index (χ2v) is 3.61. The first-order valence-electron chi connectivity index (χ1n) is 4.82. The summed E-state index contributed by atoms with van der Waals surface area (Å²) < 4.78 is 5.70. The first-order chi connectivity index (χ1) is 5.47. The van der Waals surface area contributed by atoms with Crippen LogP contribution in [-0.2, 0) is 4.74 Å². The molecule has 0 aromatic heterocycles. The number of hydrogen-bond donors (Lipinski definition) is 1. The molecule has 0 amide bonds. The van der Waals surface area contributed by atoms with Crippen molar-refractivity contribution >= 4 is 0 Å². The van der Waals surface area contributed by atoms with E-state index < -0.39 is 0 Å². The van der Waals surface area contributed by atoms with Gasteiger partial charge in [-0.25, -0.2) is 0 Å². The number of nitrogens with one attached hydrogen (secondary N) is 1. The third kappa shape index (κ3) is 1.74. The monoisotopic (exact) mass is 155 g/mol. The van der Waals surface area contributed by atoms with Crippen molar-refractivity contribution in [2.75, 3.05) is 13.2 Å². The maximum absolute atomic E-state index is 5.70. The fourth-order valence-corrected chi connectivity index (χ4v) is 2.16. The molecular weight excluding hydrogens is 138 g/mol. The molecule has 0 aromatic carbocycles. The van der Waals surface area contributed by atoms with Crippen LogP contribution in [0.4, 0.5) is 0 Å². The van der Waals surface area contributed by atoms with E-state index in [0.717, 1.165) is 13.2 Å². The van der Waals surface area contributed by atoms with E-state index in [1.807, 2.05) is 0 Å². The van der Waals surface area contributed by atoms with Crippen molar-refractivity contribution in [2.24, 2.45) is 0 Å².